The second-order valence-electron chi connectivity index (χ2n) is 13.7. The lowest BCUT2D eigenvalue weighted by atomic mass is 9.66. The van der Waals surface area contributed by atoms with Crippen LogP contribution in [-0.4, -0.2) is 0 Å². The Morgan fingerprint density at radius 2 is 0.837 bits per heavy atom. The van der Waals surface area contributed by atoms with E-state index in [1.165, 1.54) is 33.4 Å². The molecule has 1 spiro atoms. The number of hydrogen-bond acceptors (Lipinski definition) is 3. The first kappa shape index (κ1) is 28.0. The van der Waals surface area contributed by atoms with Crippen LogP contribution in [0.3, 0.4) is 0 Å². The van der Waals surface area contributed by atoms with Crippen molar-refractivity contribution in [1.29, 1.82) is 0 Å². The molecule has 0 radical (unpaired) electrons. The molecule has 49 heavy (non-hydrogen) atoms. The van der Waals surface area contributed by atoms with Gasteiger partial charge in [-0.15, -0.1) is 0 Å². The number of ether oxygens (including phenoxy) is 2. The maximum atomic E-state index is 6.59. The topological polar surface area (TPSA) is 21.7 Å². The highest BCUT2D eigenvalue weighted by Crippen LogP contribution is 2.62. The van der Waals surface area contributed by atoms with Crippen molar-refractivity contribution in [2.24, 2.45) is 0 Å². The molecule has 10 rings (SSSR count). The molecule has 234 valence electrons. The summed E-state index contributed by atoms with van der Waals surface area (Å²) >= 11 is 0. The molecule has 0 fully saturated rings. The lowest BCUT2D eigenvalue weighted by Crippen LogP contribution is -2.32. The lowest BCUT2D eigenvalue weighted by molar-refractivity contribution is 0.418. The molecule has 2 heterocycles. The number of hydrogen-bond donors (Lipinski definition) is 0. The third kappa shape index (κ3) is 3.84. The van der Waals surface area contributed by atoms with Crippen LogP contribution in [0.5, 0.6) is 23.0 Å². The molecule has 0 N–H and O–H groups in total. The van der Waals surface area contributed by atoms with E-state index in [0.29, 0.717) is 0 Å². The predicted molar refractivity (Wildman–Crippen MR) is 197 cm³/mol. The first-order valence-corrected chi connectivity index (χ1v) is 16.9. The van der Waals surface area contributed by atoms with Gasteiger partial charge in [0.1, 0.15) is 23.0 Å². The Morgan fingerprint density at radius 1 is 0.367 bits per heavy atom. The molecule has 1 aliphatic carbocycles. The van der Waals surface area contributed by atoms with Crippen LogP contribution in [-0.2, 0) is 10.8 Å². The summed E-state index contributed by atoms with van der Waals surface area (Å²) in [7, 11) is 0. The van der Waals surface area contributed by atoms with Crippen LogP contribution in [0.15, 0.2) is 164 Å². The molecule has 0 aromatic heterocycles. The van der Waals surface area contributed by atoms with Gasteiger partial charge in [-0.3, -0.25) is 0 Å². The fourth-order valence-corrected chi connectivity index (χ4v) is 8.58. The van der Waals surface area contributed by atoms with Gasteiger partial charge in [-0.05, 0) is 82.9 Å². The molecule has 2 aliphatic heterocycles. The van der Waals surface area contributed by atoms with Gasteiger partial charge in [0.05, 0.1) is 5.41 Å². The van der Waals surface area contributed by atoms with Crippen molar-refractivity contribution in [3.05, 3.63) is 197 Å². The van der Waals surface area contributed by atoms with Crippen molar-refractivity contribution in [3.8, 4) is 34.1 Å². The predicted octanol–water partition coefficient (Wildman–Crippen LogP) is 12.1. The Hall–Kier alpha value is -6.06. The van der Waals surface area contributed by atoms with Gasteiger partial charge in [-0.2, -0.15) is 0 Å². The normalized spacial score (nSPS) is 15.0. The van der Waals surface area contributed by atoms with Crippen molar-refractivity contribution in [1.82, 2.24) is 0 Å². The highest BCUT2D eigenvalue weighted by molar-refractivity contribution is 5.91. The maximum absolute atomic E-state index is 6.59. The van der Waals surface area contributed by atoms with Crippen LogP contribution in [0.4, 0.5) is 17.1 Å². The highest BCUT2D eigenvalue weighted by Gasteiger charge is 2.51. The number of benzene rings is 7. The van der Waals surface area contributed by atoms with E-state index in [4.69, 9.17) is 9.47 Å². The molecule has 0 saturated carbocycles. The van der Waals surface area contributed by atoms with Crippen molar-refractivity contribution in [2.75, 3.05) is 4.90 Å². The summed E-state index contributed by atoms with van der Waals surface area (Å²) < 4.78 is 13.1. The zero-order valence-corrected chi connectivity index (χ0v) is 27.4. The Labute approximate surface area is 286 Å². The number of para-hydroxylation sites is 4. The largest absolute Gasteiger partial charge is 0.457 e. The van der Waals surface area contributed by atoms with E-state index in [1.54, 1.807) is 0 Å². The summed E-state index contributed by atoms with van der Waals surface area (Å²) in [5, 5.41) is 0. The van der Waals surface area contributed by atoms with Gasteiger partial charge in [0.25, 0.3) is 0 Å². The van der Waals surface area contributed by atoms with Crippen LogP contribution in [0.2, 0.25) is 0 Å². The van der Waals surface area contributed by atoms with Crippen LogP contribution in [0, 0.1) is 0 Å². The van der Waals surface area contributed by atoms with Crippen molar-refractivity contribution in [3.63, 3.8) is 0 Å². The SMILES string of the molecule is CC1(C)c2ccccc2Oc2ccc(N(c3ccccc3)c3ccc4c(c3)C3(c5ccccc5Oc5ccccc53)c3ccccc3-4)cc21. The minimum Gasteiger partial charge on any atom is -0.457 e. The second-order valence-corrected chi connectivity index (χ2v) is 13.7. The van der Waals surface area contributed by atoms with Gasteiger partial charge in [0, 0.05) is 44.7 Å². The quantitative estimate of drug-likeness (QED) is 0.194. The lowest BCUT2D eigenvalue weighted by Gasteiger charge is -2.39. The molecule has 0 unspecified atom stereocenters. The van der Waals surface area contributed by atoms with Crippen LogP contribution in [0.25, 0.3) is 11.1 Å². The average molecular weight is 632 g/mol. The zero-order chi connectivity index (χ0) is 32.7. The summed E-state index contributed by atoms with van der Waals surface area (Å²) in [4.78, 5) is 2.38. The minimum atomic E-state index is -0.537. The number of anilines is 3. The van der Waals surface area contributed by atoms with Crippen molar-refractivity contribution in [2.45, 2.75) is 24.7 Å². The molecule has 0 atom stereocenters. The van der Waals surface area contributed by atoms with Gasteiger partial charge in [-0.25, -0.2) is 0 Å². The maximum Gasteiger partial charge on any atom is 0.132 e. The number of nitrogens with zero attached hydrogens (tertiary/aromatic N) is 1. The second kappa shape index (κ2) is 10.2. The fourth-order valence-electron chi connectivity index (χ4n) is 8.58. The van der Waals surface area contributed by atoms with Gasteiger partial charge in [0.2, 0.25) is 0 Å². The first-order valence-electron chi connectivity index (χ1n) is 16.9. The molecule has 3 heteroatoms. The van der Waals surface area contributed by atoms with Crippen molar-refractivity contribution < 1.29 is 9.47 Å². The van der Waals surface area contributed by atoms with Crippen LogP contribution >= 0.6 is 0 Å². The smallest absolute Gasteiger partial charge is 0.132 e. The molecule has 0 saturated heterocycles. The molecule has 3 nitrogen and oxygen atoms in total. The molecule has 0 amide bonds. The Kier molecular flexibility index (Phi) is 5.84. The van der Waals surface area contributed by atoms with E-state index in [0.717, 1.165) is 51.2 Å². The van der Waals surface area contributed by atoms with Crippen LogP contribution in [0.1, 0.15) is 47.2 Å². The van der Waals surface area contributed by atoms with Crippen LogP contribution < -0.4 is 14.4 Å². The van der Waals surface area contributed by atoms with Gasteiger partial charge in [-0.1, -0.05) is 117 Å². The van der Waals surface area contributed by atoms with E-state index in [9.17, 15) is 0 Å². The first-order chi connectivity index (χ1) is 24.0. The molecule has 7 aromatic rings. The standard InChI is InChI=1S/C46H33NO2/c1-45(2)36-18-8-11-21-41(36)48-44-27-25-32(29-40(44)45)47(30-14-4-3-5-15-30)31-24-26-34-33-16-6-7-17-35(33)46(39(34)28-31)37-19-9-12-22-42(37)49-43-23-13-10-20-38(43)46/h3-29H,1-2H3. The fraction of sp³-hybridized carbons (Fsp3) is 0.0870. The van der Waals surface area contributed by atoms with Crippen molar-refractivity contribution >= 4 is 17.1 Å². The summed E-state index contributed by atoms with van der Waals surface area (Å²) in [6, 6.07) is 58.6. The van der Waals surface area contributed by atoms with E-state index < -0.39 is 5.41 Å². The van der Waals surface area contributed by atoms with Gasteiger partial charge < -0.3 is 14.4 Å². The van der Waals surface area contributed by atoms with E-state index in [1.807, 2.05) is 6.07 Å². The Morgan fingerprint density at radius 3 is 1.51 bits per heavy atom. The number of fused-ring (bicyclic) bond motifs is 11. The van der Waals surface area contributed by atoms with E-state index in [-0.39, 0.29) is 5.41 Å². The Balaban J connectivity index is 1.22. The summed E-state index contributed by atoms with van der Waals surface area (Å²) in [5.74, 6) is 3.62. The minimum absolute atomic E-state index is 0.234. The van der Waals surface area contributed by atoms with Gasteiger partial charge in [0.15, 0.2) is 0 Å². The number of rotatable bonds is 3. The van der Waals surface area contributed by atoms with E-state index >= 15 is 0 Å². The Bertz CT molecular complexity index is 2400. The molecular formula is C46H33NO2. The molecule has 3 aliphatic rings. The monoisotopic (exact) mass is 631 g/mol. The average Bonchev–Trinajstić information content (AvgIpc) is 3.43. The summed E-state index contributed by atoms with van der Waals surface area (Å²) in [6.45, 7) is 4.58. The third-order valence-electron chi connectivity index (χ3n) is 10.8. The zero-order valence-electron chi connectivity index (χ0n) is 27.4. The highest BCUT2D eigenvalue weighted by atomic mass is 16.5. The molecule has 0 bridgehead atoms. The molecule has 7 aromatic carbocycles. The third-order valence-corrected chi connectivity index (χ3v) is 10.8. The van der Waals surface area contributed by atoms with Gasteiger partial charge >= 0.3 is 0 Å². The van der Waals surface area contributed by atoms with E-state index in [2.05, 4.69) is 176 Å². The summed E-state index contributed by atoms with van der Waals surface area (Å²) in [5.41, 5.74) is 12.2. The molecular weight excluding hydrogens is 599 g/mol. The summed E-state index contributed by atoms with van der Waals surface area (Å²) in [6.07, 6.45) is 0.